The molecule has 0 aromatic heterocycles. The number of rotatable bonds is 4. The van der Waals surface area contributed by atoms with Crippen molar-refractivity contribution in [1.29, 1.82) is 0 Å². The van der Waals surface area contributed by atoms with Crippen molar-refractivity contribution in [2.24, 2.45) is 0 Å². The van der Waals surface area contributed by atoms with Gasteiger partial charge in [0.2, 0.25) is 0 Å². The fourth-order valence-electron chi connectivity index (χ4n) is 0.493. The minimum Gasteiger partial charge on any atom is -0.450 e. The van der Waals surface area contributed by atoms with Crippen molar-refractivity contribution in [3.63, 3.8) is 0 Å². The molecule has 0 aliphatic carbocycles. The van der Waals surface area contributed by atoms with E-state index in [1.807, 2.05) is 0 Å². The first-order valence-corrected chi connectivity index (χ1v) is 3.12. The summed E-state index contributed by atoms with van der Waals surface area (Å²) in [5, 5.41) is 15.6. The minimum atomic E-state index is -4.69. The number of halogens is 4. The molecule has 2 unspecified atom stereocenters. The lowest BCUT2D eigenvalue weighted by atomic mass is 10.3. The van der Waals surface area contributed by atoms with E-state index in [-0.39, 0.29) is 0 Å². The van der Waals surface area contributed by atoms with Gasteiger partial charge in [-0.15, -0.1) is 0 Å². The van der Waals surface area contributed by atoms with Crippen LogP contribution < -0.4 is 0 Å². The van der Waals surface area contributed by atoms with Gasteiger partial charge in [0.05, 0.1) is 0 Å². The Morgan fingerprint density at radius 2 is 1.60 bits per heavy atom. The van der Waals surface area contributed by atoms with E-state index in [1.165, 1.54) is 0 Å². The Labute approximate surface area is 79.0 Å². The standard InChI is InChI=1S/C5H4F4O6/c6-1(7)5(9,15-4(12)13)2(8)14-3(10)11/h1-2H,(H,10,11)(H,12,13). The van der Waals surface area contributed by atoms with Crippen LogP contribution in [-0.2, 0) is 9.47 Å². The van der Waals surface area contributed by atoms with Gasteiger partial charge >= 0.3 is 30.9 Å². The maximum Gasteiger partial charge on any atom is 0.508 e. The molecular weight excluding hydrogens is 232 g/mol. The van der Waals surface area contributed by atoms with Gasteiger partial charge in [-0.2, -0.15) is 8.78 Å². The van der Waals surface area contributed by atoms with Crippen molar-refractivity contribution >= 4 is 12.3 Å². The summed E-state index contributed by atoms with van der Waals surface area (Å²) in [7, 11) is 0. The molecule has 0 heterocycles. The Kier molecular flexibility index (Phi) is 4.12. The molecule has 0 saturated carbocycles. The summed E-state index contributed by atoms with van der Waals surface area (Å²) in [4.78, 5) is 19.4. The molecule has 6 nitrogen and oxygen atoms in total. The quantitative estimate of drug-likeness (QED) is 0.568. The van der Waals surface area contributed by atoms with E-state index in [0.29, 0.717) is 0 Å². The van der Waals surface area contributed by atoms with Gasteiger partial charge in [-0.3, -0.25) is 0 Å². The van der Waals surface area contributed by atoms with E-state index in [4.69, 9.17) is 10.2 Å². The highest BCUT2D eigenvalue weighted by molar-refractivity contribution is 5.58. The van der Waals surface area contributed by atoms with Crippen LogP contribution in [0.1, 0.15) is 0 Å². The van der Waals surface area contributed by atoms with Gasteiger partial charge in [-0.25, -0.2) is 18.4 Å². The third-order valence-electron chi connectivity index (χ3n) is 1.06. The van der Waals surface area contributed by atoms with Crippen LogP contribution in [0, 0.1) is 0 Å². The Bertz CT molecular complexity index is 258. The Morgan fingerprint density at radius 1 is 1.13 bits per heavy atom. The van der Waals surface area contributed by atoms with Crippen LogP contribution in [0.2, 0.25) is 0 Å². The third-order valence-corrected chi connectivity index (χ3v) is 1.06. The predicted octanol–water partition coefficient (Wildman–Crippen LogP) is 1.60. The molecule has 0 aliphatic rings. The molecule has 0 fully saturated rings. The number of carboxylic acid groups (broad SMARTS) is 2. The average Bonchev–Trinajstić information content (AvgIpc) is 2.00. The summed E-state index contributed by atoms with van der Waals surface area (Å²) in [6, 6.07) is 0. The highest BCUT2D eigenvalue weighted by atomic mass is 19.3. The number of ether oxygens (including phenoxy) is 2. The number of alkyl halides is 4. The SMILES string of the molecule is O=C(O)OC(F)C(F)(OC(=O)O)C(F)F. The molecule has 2 atom stereocenters. The third kappa shape index (κ3) is 3.48. The van der Waals surface area contributed by atoms with Gasteiger partial charge in [0.15, 0.2) is 0 Å². The van der Waals surface area contributed by atoms with Gasteiger partial charge < -0.3 is 19.7 Å². The van der Waals surface area contributed by atoms with E-state index in [2.05, 4.69) is 9.47 Å². The molecule has 0 rings (SSSR count). The largest absolute Gasteiger partial charge is 0.508 e. The molecule has 0 aromatic rings. The van der Waals surface area contributed by atoms with Gasteiger partial charge in [0.1, 0.15) is 0 Å². The summed E-state index contributed by atoms with van der Waals surface area (Å²) >= 11 is 0. The fourth-order valence-corrected chi connectivity index (χ4v) is 0.493. The molecular formula is C5H4F4O6. The van der Waals surface area contributed by atoms with Crippen LogP contribution in [0.3, 0.4) is 0 Å². The number of hydrogen-bond acceptors (Lipinski definition) is 4. The monoisotopic (exact) mass is 236 g/mol. The van der Waals surface area contributed by atoms with Crippen LogP contribution in [0.15, 0.2) is 0 Å². The van der Waals surface area contributed by atoms with Gasteiger partial charge in [-0.1, -0.05) is 0 Å². The first-order valence-electron chi connectivity index (χ1n) is 3.12. The summed E-state index contributed by atoms with van der Waals surface area (Å²) in [6.45, 7) is 0. The first kappa shape index (κ1) is 13.3. The predicted molar refractivity (Wildman–Crippen MR) is 33.0 cm³/mol. The molecule has 15 heavy (non-hydrogen) atoms. The molecule has 0 radical (unpaired) electrons. The van der Waals surface area contributed by atoms with Crippen molar-refractivity contribution in [3.8, 4) is 0 Å². The Balaban J connectivity index is 4.76. The van der Waals surface area contributed by atoms with E-state index < -0.39 is 30.9 Å². The molecule has 0 aliphatic heterocycles. The zero-order valence-corrected chi connectivity index (χ0v) is 6.69. The second-order valence-corrected chi connectivity index (χ2v) is 2.07. The molecule has 0 aromatic carbocycles. The number of carbonyl (C=O) groups is 2. The van der Waals surface area contributed by atoms with E-state index in [9.17, 15) is 27.2 Å². The second kappa shape index (κ2) is 4.66. The van der Waals surface area contributed by atoms with Crippen LogP contribution in [0.5, 0.6) is 0 Å². The summed E-state index contributed by atoms with van der Waals surface area (Å²) < 4.78 is 54.9. The van der Waals surface area contributed by atoms with Crippen molar-refractivity contribution in [2.75, 3.05) is 0 Å². The second-order valence-electron chi connectivity index (χ2n) is 2.07. The highest BCUT2D eigenvalue weighted by Crippen LogP contribution is 2.30. The number of hydrogen-bond donors (Lipinski definition) is 2. The molecule has 0 spiro atoms. The van der Waals surface area contributed by atoms with Crippen LogP contribution in [0.25, 0.3) is 0 Å². The van der Waals surface area contributed by atoms with E-state index in [0.717, 1.165) is 0 Å². The normalized spacial score (nSPS) is 16.6. The lowest BCUT2D eigenvalue weighted by molar-refractivity contribution is -0.277. The molecule has 0 amide bonds. The van der Waals surface area contributed by atoms with Crippen molar-refractivity contribution < 1.29 is 46.8 Å². The lowest BCUT2D eigenvalue weighted by Gasteiger charge is -2.24. The van der Waals surface area contributed by atoms with Crippen molar-refractivity contribution in [1.82, 2.24) is 0 Å². The van der Waals surface area contributed by atoms with Crippen molar-refractivity contribution in [3.05, 3.63) is 0 Å². The van der Waals surface area contributed by atoms with Crippen LogP contribution >= 0.6 is 0 Å². The van der Waals surface area contributed by atoms with Crippen molar-refractivity contribution in [2.45, 2.75) is 18.6 Å². The van der Waals surface area contributed by atoms with E-state index in [1.54, 1.807) is 0 Å². The molecule has 88 valence electrons. The smallest absolute Gasteiger partial charge is 0.450 e. The Morgan fingerprint density at radius 3 is 1.87 bits per heavy atom. The highest BCUT2D eigenvalue weighted by Gasteiger charge is 2.55. The zero-order chi connectivity index (χ0) is 12.2. The van der Waals surface area contributed by atoms with Gasteiger partial charge in [-0.05, 0) is 0 Å². The summed E-state index contributed by atoms with van der Waals surface area (Å²) in [6.07, 6.45) is -13.0. The zero-order valence-electron chi connectivity index (χ0n) is 6.69. The van der Waals surface area contributed by atoms with Gasteiger partial charge in [0.25, 0.3) is 0 Å². The summed E-state index contributed by atoms with van der Waals surface area (Å²) in [5.41, 5.74) is 0. The summed E-state index contributed by atoms with van der Waals surface area (Å²) in [5.74, 6) is -4.69. The maximum absolute atomic E-state index is 12.8. The Hall–Kier alpha value is -1.74. The van der Waals surface area contributed by atoms with Crippen LogP contribution in [-0.4, -0.2) is 41.2 Å². The topological polar surface area (TPSA) is 93.1 Å². The van der Waals surface area contributed by atoms with Gasteiger partial charge in [0, 0.05) is 0 Å². The maximum atomic E-state index is 12.8. The lowest BCUT2D eigenvalue weighted by Crippen LogP contribution is -2.48. The van der Waals surface area contributed by atoms with Crippen LogP contribution in [0.4, 0.5) is 27.2 Å². The molecule has 2 N–H and O–H groups in total. The molecule has 10 heteroatoms. The average molecular weight is 236 g/mol. The van der Waals surface area contributed by atoms with E-state index >= 15 is 0 Å². The minimum absolute atomic E-state index is 2.40. The molecule has 0 saturated heterocycles. The fraction of sp³-hybridized carbons (Fsp3) is 0.600. The molecule has 0 bridgehead atoms. The first-order chi connectivity index (χ1) is 6.70.